The van der Waals surface area contributed by atoms with Crippen molar-refractivity contribution in [2.75, 3.05) is 27.2 Å². The molecule has 0 radical (unpaired) electrons. The molecule has 0 aliphatic rings. The van der Waals surface area contributed by atoms with Crippen LogP contribution in [-0.4, -0.2) is 35.6 Å². The van der Waals surface area contributed by atoms with Crippen LogP contribution < -0.4 is 9.62 Å². The third-order valence-electron chi connectivity index (χ3n) is 2.41. The molecule has 1 aromatic carbocycles. The van der Waals surface area contributed by atoms with Crippen molar-refractivity contribution in [1.82, 2.24) is 4.72 Å². The van der Waals surface area contributed by atoms with Gasteiger partial charge in [-0.15, -0.1) is 0 Å². The fourth-order valence-corrected chi connectivity index (χ4v) is 3.51. The third-order valence-corrected chi connectivity index (χ3v) is 5.06. The van der Waals surface area contributed by atoms with Crippen LogP contribution in [0, 0.1) is 0 Å². The Morgan fingerprint density at radius 3 is 2.26 bits per heavy atom. The molecule has 8 heteroatoms. The van der Waals surface area contributed by atoms with Crippen LogP contribution in [0.5, 0.6) is 0 Å². The highest BCUT2D eigenvalue weighted by Crippen LogP contribution is 2.31. The molecule has 0 spiro atoms. The zero-order chi connectivity index (χ0) is 14.6. The van der Waals surface area contributed by atoms with Gasteiger partial charge in [-0.25, -0.2) is 13.1 Å². The molecule has 1 rings (SSSR count). The second-order valence-electron chi connectivity index (χ2n) is 4.41. The second kappa shape index (κ2) is 7.11. The Kier molecular flexibility index (Phi) is 6.36. The fourth-order valence-electron chi connectivity index (χ4n) is 1.44. The van der Waals surface area contributed by atoms with Crippen LogP contribution in [0.4, 0.5) is 0 Å². The molecular formula is C11H16Cl3N2O2S+. The number of quaternary nitrogens is 1. The first-order valence-electron chi connectivity index (χ1n) is 5.67. The molecule has 0 saturated carbocycles. The molecule has 2 N–H and O–H groups in total. The summed E-state index contributed by atoms with van der Waals surface area (Å²) in [5.41, 5.74) is 0. The maximum Gasteiger partial charge on any atom is 0.242 e. The Morgan fingerprint density at radius 2 is 1.68 bits per heavy atom. The number of hydrogen-bond donors (Lipinski definition) is 2. The highest BCUT2D eigenvalue weighted by Gasteiger charge is 2.19. The minimum atomic E-state index is -3.66. The summed E-state index contributed by atoms with van der Waals surface area (Å²) in [6, 6.07) is 2.58. The highest BCUT2D eigenvalue weighted by atomic mass is 35.5. The summed E-state index contributed by atoms with van der Waals surface area (Å²) in [6.45, 7) is 1.22. The fraction of sp³-hybridized carbons (Fsp3) is 0.455. The summed E-state index contributed by atoms with van der Waals surface area (Å²) in [5, 5.41) is 0.436. The molecule has 0 aromatic heterocycles. The number of benzene rings is 1. The van der Waals surface area contributed by atoms with Crippen molar-refractivity contribution < 1.29 is 13.3 Å². The molecule has 0 unspecified atom stereocenters. The number of halogens is 3. The lowest BCUT2D eigenvalue weighted by Crippen LogP contribution is -3.05. The van der Waals surface area contributed by atoms with Crippen LogP contribution in [0.25, 0.3) is 0 Å². The predicted octanol–water partition coefficient (Wildman–Crippen LogP) is 1.46. The van der Waals surface area contributed by atoms with Crippen LogP contribution >= 0.6 is 34.8 Å². The zero-order valence-electron chi connectivity index (χ0n) is 10.6. The molecule has 0 bridgehead atoms. The van der Waals surface area contributed by atoms with Gasteiger partial charge in [0.05, 0.1) is 35.7 Å². The summed E-state index contributed by atoms with van der Waals surface area (Å²) in [4.78, 5) is 1.20. The summed E-state index contributed by atoms with van der Waals surface area (Å²) < 4.78 is 26.6. The molecule has 0 heterocycles. The molecule has 0 saturated heterocycles. The van der Waals surface area contributed by atoms with E-state index in [1.807, 2.05) is 14.1 Å². The first kappa shape index (κ1) is 17.0. The summed E-state index contributed by atoms with van der Waals surface area (Å²) in [6.07, 6.45) is 0.737. The Bertz CT molecular complexity index is 547. The van der Waals surface area contributed by atoms with Crippen LogP contribution in [0.2, 0.25) is 15.1 Å². The molecule has 0 amide bonds. The van der Waals surface area contributed by atoms with Crippen LogP contribution in [0.15, 0.2) is 17.0 Å². The van der Waals surface area contributed by atoms with Gasteiger partial charge in [0.1, 0.15) is 4.90 Å². The first-order chi connectivity index (χ1) is 8.74. The van der Waals surface area contributed by atoms with Gasteiger partial charge in [-0.05, 0) is 12.1 Å². The Hall–Kier alpha value is -0.0400. The molecule has 19 heavy (non-hydrogen) atoms. The maximum absolute atomic E-state index is 12.1. The Labute approximate surface area is 128 Å². The van der Waals surface area contributed by atoms with E-state index >= 15 is 0 Å². The largest absolute Gasteiger partial charge is 0.340 e. The Balaban J connectivity index is 2.80. The molecule has 0 aliphatic heterocycles. The van der Waals surface area contributed by atoms with Gasteiger partial charge in [0.2, 0.25) is 10.0 Å². The van der Waals surface area contributed by atoms with Gasteiger partial charge in [0.15, 0.2) is 0 Å². The topological polar surface area (TPSA) is 50.6 Å². The van der Waals surface area contributed by atoms with E-state index in [2.05, 4.69) is 4.72 Å². The van der Waals surface area contributed by atoms with Crippen LogP contribution in [-0.2, 0) is 10.0 Å². The second-order valence-corrected chi connectivity index (χ2v) is 7.36. The van der Waals surface area contributed by atoms with Gasteiger partial charge in [-0.1, -0.05) is 34.8 Å². The maximum atomic E-state index is 12.1. The minimum absolute atomic E-state index is 0.0548. The quantitative estimate of drug-likeness (QED) is 0.605. The van der Waals surface area contributed by atoms with Gasteiger partial charge >= 0.3 is 0 Å². The predicted molar refractivity (Wildman–Crippen MR) is 79.0 cm³/mol. The van der Waals surface area contributed by atoms with Gasteiger partial charge in [-0.3, -0.25) is 0 Å². The van der Waals surface area contributed by atoms with Crippen molar-refractivity contribution in [3.05, 3.63) is 27.2 Å². The van der Waals surface area contributed by atoms with E-state index in [4.69, 9.17) is 34.8 Å². The average molecular weight is 347 g/mol. The lowest BCUT2D eigenvalue weighted by Gasteiger charge is -2.10. The lowest BCUT2D eigenvalue weighted by molar-refractivity contribution is -0.858. The first-order valence-corrected chi connectivity index (χ1v) is 8.29. The smallest absolute Gasteiger partial charge is 0.242 e. The van der Waals surface area contributed by atoms with E-state index in [0.29, 0.717) is 6.54 Å². The van der Waals surface area contributed by atoms with Crippen molar-refractivity contribution in [1.29, 1.82) is 0 Å². The standard InChI is InChI=1S/C11H15Cl3N2O2S/c1-16(2)5-3-4-15-19(17,18)11-7-9(13)8(12)6-10(11)14/h6-7,15H,3-5H2,1-2H3/p+1. The highest BCUT2D eigenvalue weighted by molar-refractivity contribution is 7.89. The lowest BCUT2D eigenvalue weighted by atomic mass is 10.4. The van der Waals surface area contributed by atoms with Crippen molar-refractivity contribution in [2.45, 2.75) is 11.3 Å². The molecule has 0 aliphatic carbocycles. The summed E-state index contributed by atoms with van der Waals surface area (Å²) >= 11 is 17.5. The van der Waals surface area contributed by atoms with Gasteiger partial charge in [0, 0.05) is 13.0 Å². The van der Waals surface area contributed by atoms with E-state index in [9.17, 15) is 8.42 Å². The SMILES string of the molecule is C[NH+](C)CCCNS(=O)(=O)c1cc(Cl)c(Cl)cc1Cl. The molecule has 4 nitrogen and oxygen atoms in total. The summed E-state index contributed by atoms with van der Waals surface area (Å²) in [7, 11) is 0.346. The van der Waals surface area contributed by atoms with Gasteiger partial charge in [0.25, 0.3) is 0 Å². The van der Waals surface area contributed by atoms with Crippen molar-refractivity contribution >= 4 is 44.8 Å². The van der Waals surface area contributed by atoms with E-state index in [1.54, 1.807) is 0 Å². The van der Waals surface area contributed by atoms with Gasteiger partial charge < -0.3 is 4.90 Å². The molecule has 0 atom stereocenters. The number of rotatable bonds is 6. The van der Waals surface area contributed by atoms with Crippen molar-refractivity contribution in [3.63, 3.8) is 0 Å². The zero-order valence-corrected chi connectivity index (χ0v) is 13.7. The number of hydrogen-bond acceptors (Lipinski definition) is 2. The average Bonchev–Trinajstić information content (AvgIpc) is 2.29. The minimum Gasteiger partial charge on any atom is -0.340 e. The van der Waals surface area contributed by atoms with E-state index < -0.39 is 10.0 Å². The van der Waals surface area contributed by atoms with E-state index in [0.717, 1.165) is 13.0 Å². The van der Waals surface area contributed by atoms with Crippen LogP contribution in [0.1, 0.15) is 6.42 Å². The molecule has 1 aromatic rings. The molecular weight excluding hydrogens is 331 g/mol. The van der Waals surface area contributed by atoms with E-state index in [1.165, 1.54) is 17.0 Å². The van der Waals surface area contributed by atoms with E-state index in [-0.39, 0.29) is 20.0 Å². The van der Waals surface area contributed by atoms with Crippen molar-refractivity contribution in [3.8, 4) is 0 Å². The summed E-state index contributed by atoms with van der Waals surface area (Å²) in [5.74, 6) is 0. The van der Waals surface area contributed by atoms with Crippen LogP contribution in [0.3, 0.4) is 0 Å². The third kappa shape index (κ3) is 5.10. The number of nitrogens with one attached hydrogen (secondary N) is 2. The van der Waals surface area contributed by atoms with Gasteiger partial charge in [-0.2, -0.15) is 0 Å². The Morgan fingerprint density at radius 1 is 1.11 bits per heavy atom. The molecule has 108 valence electrons. The normalized spacial score (nSPS) is 12.1. The number of sulfonamides is 1. The van der Waals surface area contributed by atoms with Crippen molar-refractivity contribution in [2.24, 2.45) is 0 Å². The monoisotopic (exact) mass is 345 g/mol. The molecule has 0 fully saturated rings.